The van der Waals surface area contributed by atoms with Crippen molar-refractivity contribution in [2.75, 3.05) is 48.4 Å². The van der Waals surface area contributed by atoms with Gasteiger partial charge in [0.15, 0.2) is 0 Å². The zero-order valence-corrected chi connectivity index (χ0v) is 17.2. The molecule has 2 N–H and O–H groups in total. The van der Waals surface area contributed by atoms with Gasteiger partial charge in [-0.1, -0.05) is 0 Å². The van der Waals surface area contributed by atoms with Gasteiger partial charge in [-0.3, -0.25) is 14.9 Å². The van der Waals surface area contributed by atoms with Crippen LogP contribution in [0.5, 0.6) is 0 Å². The lowest BCUT2D eigenvalue weighted by molar-refractivity contribution is -0.384. The van der Waals surface area contributed by atoms with Crippen LogP contribution in [-0.4, -0.2) is 43.7 Å². The van der Waals surface area contributed by atoms with E-state index in [9.17, 15) is 28.1 Å². The second kappa shape index (κ2) is 10.3. The Morgan fingerprint density at radius 1 is 1.12 bits per heavy atom. The van der Waals surface area contributed by atoms with Crippen molar-refractivity contribution in [2.24, 2.45) is 0 Å². The molecule has 0 bridgehead atoms. The van der Waals surface area contributed by atoms with Crippen LogP contribution >= 0.6 is 0 Å². The Kier molecular flexibility index (Phi) is 7.52. The van der Waals surface area contributed by atoms with E-state index >= 15 is 0 Å². The molecule has 1 heterocycles. The third-order valence-corrected chi connectivity index (χ3v) is 4.95. The molecule has 11 heteroatoms. The molecule has 172 valence electrons. The fraction of sp³-hybridized carbons (Fsp3) is 0.381. The molecule has 3 rings (SSSR count). The molecule has 0 saturated carbocycles. The van der Waals surface area contributed by atoms with Crippen molar-refractivity contribution in [3.05, 3.63) is 58.1 Å². The molecule has 2 aromatic rings. The number of rotatable bonds is 8. The number of nitro benzene ring substituents is 1. The molecule has 0 aromatic heterocycles. The van der Waals surface area contributed by atoms with E-state index in [1.165, 1.54) is 18.2 Å². The zero-order chi connectivity index (χ0) is 23.1. The number of hydrogen-bond acceptors (Lipinski definition) is 6. The van der Waals surface area contributed by atoms with Gasteiger partial charge in [0.2, 0.25) is 5.91 Å². The van der Waals surface area contributed by atoms with E-state index in [-0.39, 0.29) is 17.8 Å². The lowest BCUT2D eigenvalue weighted by atomic mass is 10.1. The molecule has 0 atom stereocenters. The predicted molar refractivity (Wildman–Crippen MR) is 114 cm³/mol. The number of nitrogens with zero attached hydrogens (tertiary/aromatic N) is 2. The van der Waals surface area contributed by atoms with Crippen molar-refractivity contribution in [2.45, 2.75) is 19.0 Å². The number of halogens is 3. The summed E-state index contributed by atoms with van der Waals surface area (Å²) in [5.41, 5.74) is -0.114. The fourth-order valence-electron chi connectivity index (χ4n) is 3.29. The minimum absolute atomic E-state index is 0.0164. The average molecular weight is 452 g/mol. The number of benzene rings is 2. The van der Waals surface area contributed by atoms with Crippen molar-refractivity contribution >= 4 is 28.7 Å². The highest BCUT2D eigenvalue weighted by atomic mass is 19.4. The Morgan fingerprint density at radius 2 is 1.81 bits per heavy atom. The van der Waals surface area contributed by atoms with Gasteiger partial charge in [0, 0.05) is 49.6 Å². The van der Waals surface area contributed by atoms with Gasteiger partial charge in [-0.2, -0.15) is 13.2 Å². The SMILES string of the molecule is O=C(CCCNc1ccc([N+](=O)[O-])cc1)Nc1ccc(N2CCOCC2)cc1C(F)(F)F. The number of nitrogens with one attached hydrogen (secondary N) is 2. The number of alkyl halides is 3. The molecule has 1 fully saturated rings. The largest absolute Gasteiger partial charge is 0.418 e. The topological polar surface area (TPSA) is 96.7 Å². The first-order valence-corrected chi connectivity index (χ1v) is 10.1. The smallest absolute Gasteiger partial charge is 0.385 e. The summed E-state index contributed by atoms with van der Waals surface area (Å²) in [6.45, 7) is 2.30. The predicted octanol–water partition coefficient (Wildman–Crippen LogP) is 4.28. The number of morpholine rings is 1. The molecule has 1 amide bonds. The van der Waals surface area contributed by atoms with E-state index in [1.807, 2.05) is 4.90 Å². The Morgan fingerprint density at radius 3 is 2.44 bits per heavy atom. The highest BCUT2D eigenvalue weighted by molar-refractivity contribution is 5.92. The molecule has 0 unspecified atom stereocenters. The van der Waals surface area contributed by atoms with Gasteiger partial charge in [-0.15, -0.1) is 0 Å². The standard InChI is InChI=1S/C21H23F3N4O4/c22-21(23,24)18-14-17(27-10-12-32-13-11-27)7-8-19(18)26-20(29)2-1-9-25-15-3-5-16(6-4-15)28(30)31/h3-8,14,25H,1-2,9-13H2,(H,26,29). The van der Waals surface area contributed by atoms with E-state index in [0.717, 1.165) is 6.07 Å². The van der Waals surface area contributed by atoms with Crippen LogP contribution in [0.4, 0.5) is 35.9 Å². The number of anilines is 3. The molecular weight excluding hydrogens is 429 g/mol. The lowest BCUT2D eigenvalue weighted by Crippen LogP contribution is -2.36. The van der Waals surface area contributed by atoms with Gasteiger partial charge in [0.25, 0.3) is 5.69 Å². The summed E-state index contributed by atoms with van der Waals surface area (Å²) in [6, 6.07) is 9.69. The van der Waals surface area contributed by atoms with Crippen LogP contribution in [0.1, 0.15) is 18.4 Å². The van der Waals surface area contributed by atoms with E-state index in [2.05, 4.69) is 10.6 Å². The van der Waals surface area contributed by atoms with Crippen molar-refractivity contribution in [3.63, 3.8) is 0 Å². The molecule has 1 aliphatic heterocycles. The summed E-state index contributed by atoms with van der Waals surface area (Å²) in [6.07, 6.45) is -4.22. The third-order valence-electron chi connectivity index (χ3n) is 4.95. The summed E-state index contributed by atoms with van der Waals surface area (Å²) in [5, 5.41) is 16.0. The highest BCUT2D eigenvalue weighted by Crippen LogP contribution is 2.37. The quantitative estimate of drug-likeness (QED) is 0.353. The van der Waals surface area contributed by atoms with Crippen molar-refractivity contribution in [3.8, 4) is 0 Å². The summed E-state index contributed by atoms with van der Waals surface area (Å²) in [4.78, 5) is 24.2. The third kappa shape index (κ3) is 6.33. The molecule has 1 aliphatic rings. The van der Waals surface area contributed by atoms with Gasteiger partial charge in [-0.25, -0.2) is 0 Å². The summed E-state index contributed by atoms with van der Waals surface area (Å²) >= 11 is 0. The minimum Gasteiger partial charge on any atom is -0.385 e. The van der Waals surface area contributed by atoms with E-state index in [0.29, 0.717) is 50.6 Å². The molecule has 0 radical (unpaired) electrons. The van der Waals surface area contributed by atoms with E-state index in [4.69, 9.17) is 4.74 Å². The Bertz CT molecular complexity index is 945. The maximum atomic E-state index is 13.6. The van der Waals surface area contributed by atoms with Crippen LogP contribution in [0, 0.1) is 10.1 Å². The first-order chi connectivity index (χ1) is 15.2. The molecule has 0 aliphatic carbocycles. The first kappa shape index (κ1) is 23.3. The van der Waals surface area contributed by atoms with Crippen LogP contribution in [0.2, 0.25) is 0 Å². The van der Waals surface area contributed by atoms with Crippen LogP contribution in [0.15, 0.2) is 42.5 Å². The van der Waals surface area contributed by atoms with E-state index in [1.54, 1.807) is 18.2 Å². The molecule has 0 spiro atoms. The van der Waals surface area contributed by atoms with Crippen molar-refractivity contribution in [1.82, 2.24) is 0 Å². The van der Waals surface area contributed by atoms with Crippen LogP contribution < -0.4 is 15.5 Å². The summed E-state index contributed by atoms with van der Waals surface area (Å²) in [7, 11) is 0. The molecule has 8 nitrogen and oxygen atoms in total. The second-order valence-electron chi connectivity index (χ2n) is 7.21. The average Bonchev–Trinajstić information content (AvgIpc) is 2.77. The molecule has 32 heavy (non-hydrogen) atoms. The van der Waals surface area contributed by atoms with Crippen LogP contribution in [0.3, 0.4) is 0 Å². The Labute approximate surface area is 182 Å². The normalized spacial score (nSPS) is 14.2. The van der Waals surface area contributed by atoms with Crippen molar-refractivity contribution < 1.29 is 27.6 Å². The minimum atomic E-state index is -4.61. The number of amides is 1. The Balaban J connectivity index is 1.54. The van der Waals surface area contributed by atoms with E-state index < -0.39 is 22.6 Å². The Hall–Kier alpha value is -3.34. The van der Waals surface area contributed by atoms with Gasteiger partial charge in [0.1, 0.15) is 0 Å². The van der Waals surface area contributed by atoms with Crippen LogP contribution in [0.25, 0.3) is 0 Å². The maximum Gasteiger partial charge on any atom is 0.418 e. The number of hydrogen-bond donors (Lipinski definition) is 2. The maximum absolute atomic E-state index is 13.6. The number of carbonyl (C=O) groups excluding carboxylic acids is 1. The highest BCUT2D eigenvalue weighted by Gasteiger charge is 2.34. The van der Waals surface area contributed by atoms with Crippen LogP contribution in [-0.2, 0) is 15.7 Å². The summed E-state index contributed by atoms with van der Waals surface area (Å²) < 4.78 is 45.9. The number of non-ortho nitro benzene ring substituents is 1. The first-order valence-electron chi connectivity index (χ1n) is 10.1. The van der Waals surface area contributed by atoms with Gasteiger partial charge in [0.05, 0.1) is 29.4 Å². The molecule has 1 saturated heterocycles. The van der Waals surface area contributed by atoms with Gasteiger partial charge in [-0.05, 0) is 36.8 Å². The fourth-order valence-corrected chi connectivity index (χ4v) is 3.29. The number of ether oxygens (including phenoxy) is 1. The summed E-state index contributed by atoms with van der Waals surface area (Å²) in [5.74, 6) is -0.528. The molecular formula is C21H23F3N4O4. The number of nitro groups is 1. The monoisotopic (exact) mass is 452 g/mol. The zero-order valence-electron chi connectivity index (χ0n) is 17.2. The van der Waals surface area contributed by atoms with Crippen molar-refractivity contribution in [1.29, 1.82) is 0 Å². The van der Waals surface area contributed by atoms with Gasteiger partial charge < -0.3 is 20.3 Å². The van der Waals surface area contributed by atoms with Gasteiger partial charge >= 0.3 is 6.18 Å². The lowest BCUT2D eigenvalue weighted by Gasteiger charge is -2.29. The number of carbonyl (C=O) groups is 1. The molecule has 2 aromatic carbocycles. The second-order valence-corrected chi connectivity index (χ2v) is 7.21.